The molecule has 0 fully saturated rings. The number of nitrogens with zero attached hydrogens (tertiary/aromatic N) is 1. The van der Waals surface area contributed by atoms with Gasteiger partial charge in [0, 0.05) is 6.54 Å². The van der Waals surface area contributed by atoms with E-state index in [1.165, 1.54) is 24.1 Å². The molecule has 0 saturated heterocycles. The van der Waals surface area contributed by atoms with Crippen molar-refractivity contribution in [3.63, 3.8) is 0 Å². The number of carbonyl (C=O) groups excluding carboxylic acids is 2. The summed E-state index contributed by atoms with van der Waals surface area (Å²) in [6.07, 6.45) is -4.54. The second-order valence-electron chi connectivity index (χ2n) is 7.30. The number of alkyl halides is 3. The highest BCUT2D eigenvalue weighted by molar-refractivity contribution is 5.95. The van der Waals surface area contributed by atoms with E-state index in [1.807, 2.05) is 0 Å². The first-order valence-corrected chi connectivity index (χ1v) is 10.6. The third-order valence-electron chi connectivity index (χ3n) is 5.21. The number of hydrogen-bond acceptors (Lipinski definition) is 5. The number of amides is 2. The van der Waals surface area contributed by atoms with Crippen LogP contribution < -0.4 is 14.8 Å². The predicted octanol–water partition coefficient (Wildman–Crippen LogP) is 4.70. The lowest BCUT2D eigenvalue weighted by Gasteiger charge is -2.36. The molecule has 0 aromatic heterocycles. The van der Waals surface area contributed by atoms with E-state index in [1.54, 1.807) is 38.1 Å². The molecule has 2 aromatic rings. The highest BCUT2D eigenvalue weighted by Crippen LogP contribution is 2.34. The van der Waals surface area contributed by atoms with E-state index in [9.17, 15) is 22.8 Å². The minimum absolute atomic E-state index is 0.0505. The molecule has 1 atom stereocenters. The first-order chi connectivity index (χ1) is 16.2. The Bertz CT molecular complexity index is 1080. The minimum Gasteiger partial charge on any atom is -0.497 e. The number of ether oxygens (including phenoxy) is 3. The lowest BCUT2D eigenvalue weighted by atomic mass is 9.94. The van der Waals surface area contributed by atoms with Gasteiger partial charge in [0.1, 0.15) is 18.1 Å². The molecule has 0 radical (unpaired) electrons. The Morgan fingerprint density at radius 3 is 2.44 bits per heavy atom. The molecule has 0 bridgehead atoms. The Morgan fingerprint density at radius 2 is 1.79 bits per heavy atom. The number of rotatable bonds is 8. The van der Waals surface area contributed by atoms with Gasteiger partial charge in [-0.05, 0) is 49.7 Å². The van der Waals surface area contributed by atoms with Gasteiger partial charge in [-0.25, -0.2) is 9.59 Å². The molecule has 182 valence electrons. The maximum Gasteiger partial charge on any atom is 0.416 e. The molecular formula is C24H25F3N2O5. The number of likely N-dealkylation sites (N-methyl/N-ethyl adjacent to an activating group) is 1. The summed E-state index contributed by atoms with van der Waals surface area (Å²) in [7, 11) is 1.49. The van der Waals surface area contributed by atoms with Crippen LogP contribution in [0.4, 0.5) is 18.0 Å². The second-order valence-corrected chi connectivity index (χ2v) is 7.30. The lowest BCUT2D eigenvalue weighted by Crippen LogP contribution is -2.49. The summed E-state index contributed by atoms with van der Waals surface area (Å²) in [5, 5.41) is 2.80. The standard InChI is InChI=1S/C24H25F3N2O5/c1-4-29-19(14-34-18-11-7-9-16(13-18)24(25,26)27)20(22(30)33-5-2)21(28-23(29)31)15-8-6-10-17(12-15)32-3/h6-13,21H,4-5,14H2,1-3H3,(H,28,31). The molecule has 10 heteroatoms. The molecule has 34 heavy (non-hydrogen) atoms. The molecule has 0 aliphatic carbocycles. The quantitative estimate of drug-likeness (QED) is 0.557. The van der Waals surface area contributed by atoms with Crippen molar-refractivity contribution < 1.29 is 37.0 Å². The van der Waals surface area contributed by atoms with Gasteiger partial charge in [0.05, 0.1) is 36.6 Å². The van der Waals surface area contributed by atoms with E-state index in [-0.39, 0.29) is 36.8 Å². The Labute approximate surface area is 195 Å². The van der Waals surface area contributed by atoms with Gasteiger partial charge in [-0.3, -0.25) is 4.90 Å². The molecule has 2 aromatic carbocycles. The molecule has 1 aliphatic heterocycles. The summed E-state index contributed by atoms with van der Waals surface area (Å²) in [6, 6.07) is 9.88. The van der Waals surface area contributed by atoms with Crippen molar-refractivity contribution in [3.05, 3.63) is 70.9 Å². The maximum atomic E-state index is 13.1. The van der Waals surface area contributed by atoms with E-state index in [4.69, 9.17) is 14.2 Å². The molecule has 3 rings (SSSR count). The van der Waals surface area contributed by atoms with Crippen molar-refractivity contribution in [2.24, 2.45) is 0 Å². The van der Waals surface area contributed by atoms with Crippen LogP contribution in [0.2, 0.25) is 0 Å². The van der Waals surface area contributed by atoms with Gasteiger partial charge >= 0.3 is 18.2 Å². The number of nitrogens with one attached hydrogen (secondary N) is 1. The van der Waals surface area contributed by atoms with Crippen LogP contribution in [0.3, 0.4) is 0 Å². The van der Waals surface area contributed by atoms with Crippen molar-refractivity contribution in [1.29, 1.82) is 0 Å². The highest BCUT2D eigenvalue weighted by atomic mass is 19.4. The zero-order valence-corrected chi connectivity index (χ0v) is 18.9. The molecule has 0 spiro atoms. The zero-order valence-electron chi connectivity index (χ0n) is 18.9. The smallest absolute Gasteiger partial charge is 0.416 e. The number of esters is 1. The first kappa shape index (κ1) is 24.9. The van der Waals surface area contributed by atoms with Crippen molar-refractivity contribution in [2.45, 2.75) is 26.1 Å². The van der Waals surface area contributed by atoms with Crippen LogP contribution in [0.1, 0.15) is 31.0 Å². The summed E-state index contributed by atoms with van der Waals surface area (Å²) in [5.74, 6) is -0.198. The normalized spacial score (nSPS) is 16.2. The second kappa shape index (κ2) is 10.5. The number of hydrogen-bond donors (Lipinski definition) is 1. The third-order valence-corrected chi connectivity index (χ3v) is 5.21. The SMILES string of the molecule is CCOC(=O)C1=C(COc2cccc(C(F)(F)F)c2)N(CC)C(=O)NC1c1cccc(OC)c1. The average molecular weight is 478 g/mol. The summed E-state index contributed by atoms with van der Waals surface area (Å²) in [6.45, 7) is 3.32. The number of methoxy groups -OCH3 is 1. The topological polar surface area (TPSA) is 77.1 Å². The molecule has 2 amide bonds. The van der Waals surface area contributed by atoms with E-state index in [2.05, 4.69) is 5.32 Å². The van der Waals surface area contributed by atoms with E-state index < -0.39 is 29.8 Å². The van der Waals surface area contributed by atoms with Crippen LogP contribution in [-0.4, -0.2) is 43.8 Å². The Kier molecular flexibility index (Phi) is 7.70. The monoisotopic (exact) mass is 478 g/mol. The molecule has 1 unspecified atom stereocenters. The Balaban J connectivity index is 2.06. The highest BCUT2D eigenvalue weighted by Gasteiger charge is 2.38. The van der Waals surface area contributed by atoms with Gasteiger partial charge in [-0.15, -0.1) is 0 Å². The van der Waals surface area contributed by atoms with Crippen LogP contribution in [-0.2, 0) is 15.7 Å². The van der Waals surface area contributed by atoms with E-state index >= 15 is 0 Å². The molecule has 7 nitrogen and oxygen atoms in total. The number of halogens is 3. The summed E-state index contributed by atoms with van der Waals surface area (Å²) in [5.41, 5.74) is 0.0362. The number of urea groups is 1. The summed E-state index contributed by atoms with van der Waals surface area (Å²) < 4.78 is 55.4. The molecular weight excluding hydrogens is 453 g/mol. The van der Waals surface area contributed by atoms with Crippen LogP contribution in [0, 0.1) is 0 Å². The van der Waals surface area contributed by atoms with Gasteiger partial charge in [0.2, 0.25) is 0 Å². The van der Waals surface area contributed by atoms with Crippen LogP contribution in [0.5, 0.6) is 11.5 Å². The van der Waals surface area contributed by atoms with Crippen molar-refractivity contribution >= 4 is 12.0 Å². The largest absolute Gasteiger partial charge is 0.497 e. The predicted molar refractivity (Wildman–Crippen MR) is 117 cm³/mol. The van der Waals surface area contributed by atoms with Gasteiger partial charge < -0.3 is 19.5 Å². The van der Waals surface area contributed by atoms with Gasteiger partial charge in [0.25, 0.3) is 0 Å². The fourth-order valence-electron chi connectivity index (χ4n) is 3.63. The maximum absolute atomic E-state index is 13.1. The van der Waals surface area contributed by atoms with Crippen LogP contribution in [0.15, 0.2) is 59.8 Å². The fourth-order valence-corrected chi connectivity index (χ4v) is 3.63. The van der Waals surface area contributed by atoms with Gasteiger partial charge in [-0.2, -0.15) is 13.2 Å². The summed E-state index contributed by atoms with van der Waals surface area (Å²) in [4.78, 5) is 27.2. The lowest BCUT2D eigenvalue weighted by molar-refractivity contribution is -0.139. The van der Waals surface area contributed by atoms with Crippen molar-refractivity contribution in [3.8, 4) is 11.5 Å². The Hall–Kier alpha value is -3.69. The van der Waals surface area contributed by atoms with E-state index in [0.29, 0.717) is 11.3 Å². The average Bonchev–Trinajstić information content (AvgIpc) is 2.82. The van der Waals surface area contributed by atoms with E-state index in [0.717, 1.165) is 12.1 Å². The fraction of sp³-hybridized carbons (Fsp3) is 0.333. The van der Waals surface area contributed by atoms with Gasteiger partial charge in [0.15, 0.2) is 0 Å². The molecule has 1 heterocycles. The number of carbonyl (C=O) groups is 2. The zero-order chi connectivity index (χ0) is 24.9. The third kappa shape index (κ3) is 5.44. The van der Waals surface area contributed by atoms with Crippen LogP contribution >= 0.6 is 0 Å². The van der Waals surface area contributed by atoms with Crippen molar-refractivity contribution in [1.82, 2.24) is 10.2 Å². The first-order valence-electron chi connectivity index (χ1n) is 10.6. The molecule has 1 aliphatic rings. The molecule has 1 N–H and O–H groups in total. The molecule has 0 saturated carbocycles. The Morgan fingerprint density at radius 1 is 1.09 bits per heavy atom. The number of benzene rings is 2. The van der Waals surface area contributed by atoms with Crippen LogP contribution in [0.25, 0.3) is 0 Å². The van der Waals surface area contributed by atoms with Crippen molar-refractivity contribution in [2.75, 3.05) is 26.9 Å². The minimum atomic E-state index is -4.54. The summed E-state index contributed by atoms with van der Waals surface area (Å²) >= 11 is 0. The van der Waals surface area contributed by atoms with Gasteiger partial charge in [-0.1, -0.05) is 18.2 Å².